The summed E-state index contributed by atoms with van der Waals surface area (Å²) in [5.41, 5.74) is 0.788. The van der Waals surface area contributed by atoms with Crippen molar-refractivity contribution in [1.29, 1.82) is 0 Å². The van der Waals surface area contributed by atoms with Crippen LogP contribution in [0.2, 0.25) is 0 Å². The summed E-state index contributed by atoms with van der Waals surface area (Å²) in [4.78, 5) is 14.7. The second-order valence-corrected chi connectivity index (χ2v) is 2.69. The second-order valence-electron chi connectivity index (χ2n) is 2.69. The van der Waals surface area contributed by atoms with Crippen LogP contribution in [-0.2, 0) is 0 Å². The van der Waals surface area contributed by atoms with Gasteiger partial charge in [0, 0.05) is 11.6 Å². The lowest BCUT2D eigenvalue weighted by Crippen LogP contribution is -1.87. The predicted molar refractivity (Wildman–Crippen MR) is 48.8 cm³/mol. The van der Waals surface area contributed by atoms with Gasteiger partial charge in [-0.25, -0.2) is 0 Å². The first-order chi connectivity index (χ1) is 6.33. The van der Waals surface area contributed by atoms with Gasteiger partial charge >= 0.3 is 0 Å². The largest absolute Gasteiger partial charge is 0.507 e. The van der Waals surface area contributed by atoms with Gasteiger partial charge in [0.1, 0.15) is 5.75 Å². The summed E-state index contributed by atoms with van der Waals surface area (Å²) in [6.45, 7) is 0. The van der Waals surface area contributed by atoms with Crippen LogP contribution in [0.4, 0.5) is 0 Å². The molecule has 0 aliphatic carbocycles. The third-order valence-electron chi connectivity index (χ3n) is 1.91. The average molecular weight is 173 g/mol. The van der Waals surface area contributed by atoms with Crippen LogP contribution < -0.4 is 0 Å². The van der Waals surface area contributed by atoms with Crippen molar-refractivity contribution in [3.05, 3.63) is 36.0 Å². The van der Waals surface area contributed by atoms with Crippen LogP contribution in [-0.4, -0.2) is 16.4 Å². The van der Waals surface area contributed by atoms with E-state index in [9.17, 15) is 9.90 Å². The van der Waals surface area contributed by atoms with Gasteiger partial charge in [0.15, 0.2) is 6.29 Å². The number of phenols is 1. The molecule has 3 heteroatoms. The number of aldehydes is 1. The number of benzene rings is 1. The summed E-state index contributed by atoms with van der Waals surface area (Å²) in [5.74, 6) is -0.0267. The number of carbonyl (C=O) groups excluding carboxylic acids is 1. The number of aromatic hydroxyl groups is 1. The maximum Gasteiger partial charge on any atom is 0.155 e. The highest BCUT2D eigenvalue weighted by Crippen LogP contribution is 2.23. The molecule has 3 nitrogen and oxygen atoms in total. The van der Waals surface area contributed by atoms with E-state index < -0.39 is 0 Å². The molecule has 0 saturated heterocycles. The molecule has 2 aromatic rings. The van der Waals surface area contributed by atoms with Gasteiger partial charge < -0.3 is 5.11 Å². The first-order valence-corrected chi connectivity index (χ1v) is 3.85. The van der Waals surface area contributed by atoms with E-state index in [4.69, 9.17) is 0 Å². The number of carbonyl (C=O) groups is 1. The van der Waals surface area contributed by atoms with Crippen molar-refractivity contribution >= 4 is 17.2 Å². The Labute approximate surface area is 74.7 Å². The van der Waals surface area contributed by atoms with Crippen LogP contribution in [0.5, 0.6) is 5.75 Å². The molecule has 1 aromatic heterocycles. The van der Waals surface area contributed by atoms with E-state index >= 15 is 0 Å². The van der Waals surface area contributed by atoms with Gasteiger partial charge in [-0.2, -0.15) is 0 Å². The molecule has 0 aliphatic heterocycles. The highest BCUT2D eigenvalue weighted by molar-refractivity contribution is 5.98. The molecule has 0 atom stereocenters. The fourth-order valence-corrected chi connectivity index (χ4v) is 1.27. The van der Waals surface area contributed by atoms with Gasteiger partial charge in [0.25, 0.3) is 0 Å². The summed E-state index contributed by atoms with van der Waals surface area (Å²) in [5, 5.41) is 10.2. The van der Waals surface area contributed by atoms with Crippen molar-refractivity contribution in [2.75, 3.05) is 0 Å². The Morgan fingerprint density at radius 3 is 2.92 bits per heavy atom. The smallest absolute Gasteiger partial charge is 0.155 e. The Morgan fingerprint density at radius 2 is 2.15 bits per heavy atom. The Balaban J connectivity index is 2.91. The normalized spacial score (nSPS) is 10.2. The van der Waals surface area contributed by atoms with Crippen molar-refractivity contribution in [2.24, 2.45) is 0 Å². The molecule has 0 saturated carbocycles. The van der Waals surface area contributed by atoms with E-state index in [1.54, 1.807) is 18.3 Å². The minimum absolute atomic E-state index is 0.0267. The number of pyridine rings is 1. The lowest BCUT2D eigenvalue weighted by molar-refractivity contribution is 0.112. The molecule has 64 valence electrons. The average Bonchev–Trinajstić information content (AvgIpc) is 2.18. The summed E-state index contributed by atoms with van der Waals surface area (Å²) < 4.78 is 0. The maximum atomic E-state index is 10.6. The topological polar surface area (TPSA) is 50.2 Å². The molecule has 0 radical (unpaired) electrons. The molecule has 1 heterocycles. The summed E-state index contributed by atoms with van der Waals surface area (Å²) >= 11 is 0. The van der Waals surface area contributed by atoms with E-state index in [1.165, 1.54) is 6.07 Å². The Hall–Kier alpha value is -1.90. The number of nitrogens with zero attached hydrogens (tertiary/aromatic N) is 1. The molecule has 2 rings (SSSR count). The van der Waals surface area contributed by atoms with E-state index in [-0.39, 0.29) is 11.3 Å². The molecule has 0 unspecified atom stereocenters. The molecule has 0 bridgehead atoms. The molecular weight excluding hydrogens is 166 g/mol. The SMILES string of the molecule is O=Cc1c(O)ccc2cccnc12. The highest BCUT2D eigenvalue weighted by atomic mass is 16.3. The van der Waals surface area contributed by atoms with Crippen LogP contribution in [0.25, 0.3) is 10.9 Å². The van der Waals surface area contributed by atoms with E-state index in [0.29, 0.717) is 11.8 Å². The summed E-state index contributed by atoms with van der Waals surface area (Å²) in [7, 11) is 0. The van der Waals surface area contributed by atoms with Gasteiger partial charge in [-0.1, -0.05) is 6.07 Å². The van der Waals surface area contributed by atoms with Crippen LogP contribution >= 0.6 is 0 Å². The van der Waals surface area contributed by atoms with Crippen LogP contribution in [0, 0.1) is 0 Å². The molecule has 0 fully saturated rings. The number of phenolic OH excluding ortho intramolecular Hbond substituents is 1. The summed E-state index contributed by atoms with van der Waals surface area (Å²) in [6.07, 6.45) is 2.21. The molecular formula is C10H7NO2. The van der Waals surface area contributed by atoms with E-state index in [1.807, 2.05) is 6.07 Å². The number of rotatable bonds is 1. The van der Waals surface area contributed by atoms with Gasteiger partial charge in [0.2, 0.25) is 0 Å². The lowest BCUT2D eigenvalue weighted by atomic mass is 10.1. The number of hydrogen-bond donors (Lipinski definition) is 1. The monoisotopic (exact) mass is 173 g/mol. The van der Waals surface area contributed by atoms with Gasteiger partial charge in [0.05, 0.1) is 11.1 Å². The molecule has 13 heavy (non-hydrogen) atoms. The fraction of sp³-hybridized carbons (Fsp3) is 0. The van der Waals surface area contributed by atoms with Crippen molar-refractivity contribution in [1.82, 2.24) is 4.98 Å². The zero-order chi connectivity index (χ0) is 9.26. The Bertz CT molecular complexity index is 465. The van der Waals surface area contributed by atoms with Crippen molar-refractivity contribution < 1.29 is 9.90 Å². The number of hydrogen-bond acceptors (Lipinski definition) is 3. The zero-order valence-electron chi connectivity index (χ0n) is 6.77. The van der Waals surface area contributed by atoms with Crippen LogP contribution in [0.3, 0.4) is 0 Å². The van der Waals surface area contributed by atoms with Crippen molar-refractivity contribution in [3.8, 4) is 5.75 Å². The maximum absolute atomic E-state index is 10.6. The minimum atomic E-state index is -0.0267. The third-order valence-corrected chi connectivity index (χ3v) is 1.91. The van der Waals surface area contributed by atoms with Gasteiger partial charge in [-0.3, -0.25) is 9.78 Å². The summed E-state index contributed by atoms with van der Waals surface area (Å²) in [6, 6.07) is 6.85. The van der Waals surface area contributed by atoms with Crippen LogP contribution in [0.1, 0.15) is 10.4 Å². The van der Waals surface area contributed by atoms with Crippen molar-refractivity contribution in [3.63, 3.8) is 0 Å². The predicted octanol–water partition coefficient (Wildman–Crippen LogP) is 1.75. The highest BCUT2D eigenvalue weighted by Gasteiger charge is 2.05. The molecule has 1 N–H and O–H groups in total. The molecule has 0 aliphatic rings. The van der Waals surface area contributed by atoms with Gasteiger partial charge in [-0.05, 0) is 18.2 Å². The quantitative estimate of drug-likeness (QED) is 0.668. The lowest BCUT2D eigenvalue weighted by Gasteiger charge is -2.00. The standard InChI is InChI=1S/C10H7NO2/c12-6-8-9(13)4-3-7-2-1-5-11-10(7)8/h1-6,13H. The Kier molecular flexibility index (Phi) is 1.70. The molecule has 1 aromatic carbocycles. The van der Waals surface area contributed by atoms with Crippen LogP contribution in [0.15, 0.2) is 30.5 Å². The van der Waals surface area contributed by atoms with E-state index in [0.717, 1.165) is 5.39 Å². The minimum Gasteiger partial charge on any atom is -0.507 e. The van der Waals surface area contributed by atoms with E-state index in [2.05, 4.69) is 4.98 Å². The third kappa shape index (κ3) is 1.14. The Morgan fingerprint density at radius 1 is 1.31 bits per heavy atom. The zero-order valence-corrected chi connectivity index (χ0v) is 6.77. The molecule has 0 spiro atoms. The van der Waals surface area contributed by atoms with Crippen molar-refractivity contribution in [2.45, 2.75) is 0 Å². The first-order valence-electron chi connectivity index (χ1n) is 3.85. The number of aromatic nitrogens is 1. The number of fused-ring (bicyclic) bond motifs is 1. The fourth-order valence-electron chi connectivity index (χ4n) is 1.27. The molecule has 0 amide bonds. The first kappa shape index (κ1) is 7.73. The second kappa shape index (κ2) is 2.86. The van der Waals surface area contributed by atoms with Gasteiger partial charge in [-0.15, -0.1) is 0 Å².